The molecule has 0 fully saturated rings. The molecule has 14 heteroatoms. The molecule has 0 aromatic rings. The van der Waals surface area contributed by atoms with E-state index in [-0.39, 0.29) is 0 Å². The van der Waals surface area contributed by atoms with E-state index in [1.54, 1.807) is 0 Å². The highest BCUT2D eigenvalue weighted by molar-refractivity contribution is 8.59. The molecule has 0 aromatic heterocycles. The van der Waals surface area contributed by atoms with Gasteiger partial charge >= 0.3 is 20.7 Å². The van der Waals surface area contributed by atoms with E-state index in [0.717, 1.165) is 0 Å². The zero-order chi connectivity index (χ0) is 13.3. The quantitative estimate of drug-likeness (QED) is 0.300. The van der Waals surface area contributed by atoms with Crippen LogP contribution in [-0.2, 0) is 41.0 Å². The van der Waals surface area contributed by atoms with Gasteiger partial charge in [-0.15, -0.1) is 0 Å². The first-order chi connectivity index (χ1) is 6.36. The van der Waals surface area contributed by atoms with Crippen LogP contribution in [0.25, 0.3) is 0 Å². The maximum absolute atomic E-state index is 9.27. The zero-order valence-electron chi connectivity index (χ0n) is 6.75. The fourth-order valence-corrected chi connectivity index (χ4v) is 0. The van der Waals surface area contributed by atoms with Crippen molar-refractivity contribution >= 4 is 41.0 Å². The average molecular weight is 304 g/mol. The van der Waals surface area contributed by atoms with Crippen LogP contribution in [0.15, 0.2) is 0 Å². The first kappa shape index (κ1) is 20.2. The molecule has 1 N–H and O–H groups in total. The molecular weight excluding hydrogens is 300 g/mol. The summed E-state index contributed by atoms with van der Waals surface area (Å²) >= 11 is -0.750. The predicted octanol–water partition coefficient (Wildman–Crippen LogP) is -2.84. The highest BCUT2D eigenvalue weighted by Crippen LogP contribution is 1.82. The van der Waals surface area contributed by atoms with Crippen LogP contribution in [0.4, 0.5) is 0 Å². The Labute approximate surface area is 90.5 Å². The second kappa shape index (κ2) is 9.01. The molecule has 15 heavy (non-hydrogen) atoms. The van der Waals surface area contributed by atoms with E-state index in [0.29, 0.717) is 6.26 Å². The van der Waals surface area contributed by atoms with Crippen molar-refractivity contribution in [2.45, 2.75) is 0 Å². The molecule has 94 valence electrons. The van der Waals surface area contributed by atoms with Crippen LogP contribution < -0.4 is 0 Å². The van der Waals surface area contributed by atoms with Crippen LogP contribution in [0.2, 0.25) is 0 Å². The van der Waals surface area contributed by atoms with Gasteiger partial charge in [-0.2, -0.15) is 16.8 Å². The Hall–Kier alpha value is -0.250. The van der Waals surface area contributed by atoms with Gasteiger partial charge < -0.3 is 9.11 Å². The fraction of sp³-hybridized carbons (Fsp3) is 1.00. The summed E-state index contributed by atoms with van der Waals surface area (Å²) in [4.78, 5) is 0. The van der Waals surface area contributed by atoms with E-state index < -0.39 is 41.0 Å². The van der Waals surface area contributed by atoms with Crippen molar-refractivity contribution in [2.75, 3.05) is 6.26 Å². The van der Waals surface area contributed by atoms with E-state index in [4.69, 9.17) is 25.9 Å². The molecule has 0 aliphatic rings. The molecule has 10 nitrogen and oxygen atoms in total. The minimum Gasteiger partial charge on any atom is -0.758 e. The van der Waals surface area contributed by atoms with Gasteiger partial charge in [0, 0.05) is 6.26 Å². The Bertz CT molecular complexity index is 396. The number of hydrogen-bond donors (Lipinski definition) is 1. The summed E-state index contributed by atoms with van der Waals surface area (Å²) in [5.41, 5.74) is 0. The van der Waals surface area contributed by atoms with Gasteiger partial charge in [0.1, 0.15) is 0 Å². The molecular formula is CH4O10S4-2. The third kappa shape index (κ3) is 57.4. The largest absolute Gasteiger partial charge is 0.758 e. The Morgan fingerprint density at radius 1 is 1.20 bits per heavy atom. The lowest BCUT2D eigenvalue weighted by atomic mass is 12.0. The topological polar surface area (TPSA) is 186 Å². The summed E-state index contributed by atoms with van der Waals surface area (Å²) in [6.07, 6.45) is 0.604. The third-order valence-corrected chi connectivity index (χ3v) is 1.55. The summed E-state index contributed by atoms with van der Waals surface area (Å²) in [7, 11) is -12.1. The lowest BCUT2D eigenvalue weighted by molar-refractivity contribution is 0.470. The van der Waals surface area contributed by atoms with E-state index >= 15 is 0 Å². The second-order valence-corrected chi connectivity index (χ2v) is 6.29. The standard InChI is InChI=1S/CH4O3S.H2O5S2.O2S/c1-5(2,3)4;1-6(2)7(3,4)5;1-3-2/h1H3,(H,2,3,4);(H,1,2)(H,3,4,5);/p-2. The molecule has 0 heterocycles. The van der Waals surface area contributed by atoms with Crippen LogP contribution >= 0.6 is 0 Å². The Morgan fingerprint density at radius 2 is 1.27 bits per heavy atom. The third-order valence-electron chi connectivity index (χ3n) is 0.172. The molecule has 0 bridgehead atoms. The highest BCUT2D eigenvalue weighted by atomic mass is 33.2. The number of hydrogen-bond acceptors (Lipinski definition) is 9. The van der Waals surface area contributed by atoms with Crippen LogP contribution in [-0.4, -0.2) is 49.4 Å². The van der Waals surface area contributed by atoms with Crippen LogP contribution in [0.1, 0.15) is 0 Å². The zero-order valence-corrected chi connectivity index (χ0v) is 10.0. The van der Waals surface area contributed by atoms with Crippen molar-refractivity contribution in [1.29, 1.82) is 0 Å². The first-order valence-electron chi connectivity index (χ1n) is 2.26. The number of rotatable bonds is 1. The highest BCUT2D eigenvalue weighted by Gasteiger charge is 2.00. The molecule has 0 aliphatic heterocycles. The predicted molar refractivity (Wildman–Crippen MR) is 45.0 cm³/mol. The molecule has 0 amide bonds. The molecule has 0 spiro atoms. The maximum atomic E-state index is 9.27. The van der Waals surface area contributed by atoms with E-state index in [1.165, 1.54) is 0 Å². The summed E-state index contributed by atoms with van der Waals surface area (Å²) in [6, 6.07) is 0. The SMILES string of the molecule is CS(=O)(=O)[O-].O=S([O-])S(=O)(=O)O.O=S=O. The Morgan fingerprint density at radius 3 is 1.27 bits per heavy atom. The van der Waals surface area contributed by atoms with Gasteiger partial charge in [-0.3, -0.25) is 8.76 Å². The molecule has 1 unspecified atom stereocenters. The van der Waals surface area contributed by atoms with Crippen molar-refractivity contribution in [2.24, 2.45) is 0 Å². The first-order valence-corrected chi connectivity index (χ1v) is 7.77. The van der Waals surface area contributed by atoms with E-state index in [2.05, 4.69) is 0 Å². The van der Waals surface area contributed by atoms with Gasteiger partial charge in [0.25, 0.3) is 0 Å². The summed E-state index contributed by atoms with van der Waals surface area (Å²) < 4.78 is 88.2. The summed E-state index contributed by atoms with van der Waals surface area (Å²) in [5.74, 6) is 0. The lowest BCUT2D eigenvalue weighted by Crippen LogP contribution is -2.03. The van der Waals surface area contributed by atoms with Crippen LogP contribution in [0.5, 0.6) is 0 Å². The molecule has 1 atom stereocenters. The van der Waals surface area contributed by atoms with E-state index in [1.807, 2.05) is 0 Å². The van der Waals surface area contributed by atoms with Gasteiger partial charge in [-0.05, 0) is 0 Å². The second-order valence-electron chi connectivity index (χ2n) is 1.40. The monoisotopic (exact) mass is 304 g/mol. The normalized spacial score (nSPS) is 12.3. The lowest BCUT2D eigenvalue weighted by Gasteiger charge is -1.94. The van der Waals surface area contributed by atoms with Gasteiger partial charge in [-0.25, -0.2) is 8.42 Å². The Balaban J connectivity index is -0.000000158. The molecule has 0 radical (unpaired) electrons. The average Bonchev–Trinajstić information content (AvgIpc) is 1.81. The van der Waals surface area contributed by atoms with Crippen molar-refractivity contribution < 1.29 is 43.1 Å². The van der Waals surface area contributed by atoms with Gasteiger partial charge in [0.2, 0.25) is 0 Å². The minimum absolute atomic E-state index is 0.604. The molecule has 0 saturated heterocycles. The van der Waals surface area contributed by atoms with Crippen molar-refractivity contribution in [3.8, 4) is 0 Å². The smallest absolute Gasteiger partial charge is 0.335 e. The van der Waals surface area contributed by atoms with Crippen molar-refractivity contribution in [3.05, 3.63) is 0 Å². The summed E-state index contributed by atoms with van der Waals surface area (Å²) in [5, 5.41) is 0. The van der Waals surface area contributed by atoms with Crippen LogP contribution in [0.3, 0.4) is 0 Å². The molecule has 0 aromatic carbocycles. The van der Waals surface area contributed by atoms with Gasteiger partial charge in [0.15, 0.2) is 0 Å². The van der Waals surface area contributed by atoms with E-state index in [9.17, 15) is 17.2 Å². The maximum Gasteiger partial charge on any atom is 0.335 e. The summed E-state index contributed by atoms with van der Waals surface area (Å²) in [6.45, 7) is 0. The van der Waals surface area contributed by atoms with Crippen molar-refractivity contribution in [1.82, 2.24) is 0 Å². The molecule has 0 rings (SSSR count). The van der Waals surface area contributed by atoms with Gasteiger partial charge in [-0.1, -0.05) is 0 Å². The fourth-order valence-electron chi connectivity index (χ4n) is 0. The Kier molecular flexibility index (Phi) is 12.1. The van der Waals surface area contributed by atoms with Gasteiger partial charge in [0.05, 0.1) is 20.2 Å². The molecule has 0 aliphatic carbocycles. The molecule has 0 saturated carbocycles. The minimum atomic E-state index is -4.82. The van der Waals surface area contributed by atoms with Crippen molar-refractivity contribution in [3.63, 3.8) is 0 Å². The van der Waals surface area contributed by atoms with Crippen LogP contribution in [0, 0.1) is 0 Å².